The van der Waals surface area contributed by atoms with Crippen molar-refractivity contribution in [2.75, 3.05) is 32.6 Å². The number of benzene rings is 1. The van der Waals surface area contributed by atoms with Gasteiger partial charge in [-0.05, 0) is 25.6 Å². The second kappa shape index (κ2) is 7.09. The Balaban J connectivity index is 2.90. The Morgan fingerprint density at radius 2 is 2.21 bits per heavy atom. The number of carbonyl (C=O) groups excluding carboxylic acids is 1. The molecule has 0 aliphatic rings. The first-order chi connectivity index (χ1) is 9.04. The third-order valence-electron chi connectivity index (χ3n) is 3.15. The van der Waals surface area contributed by atoms with Crippen LogP contribution in [0.1, 0.15) is 13.3 Å². The molecule has 1 N–H and O–H groups in total. The molecule has 0 heterocycles. The van der Waals surface area contributed by atoms with E-state index < -0.39 is 5.82 Å². The van der Waals surface area contributed by atoms with E-state index in [1.54, 1.807) is 13.1 Å². The van der Waals surface area contributed by atoms with E-state index in [2.05, 4.69) is 5.32 Å². The van der Waals surface area contributed by atoms with Crippen LogP contribution in [0.15, 0.2) is 18.2 Å². The number of methoxy groups -OCH3 is 1. The molecule has 0 saturated carbocycles. The van der Waals surface area contributed by atoms with Crippen molar-refractivity contribution in [2.24, 2.45) is 5.92 Å². The van der Waals surface area contributed by atoms with Gasteiger partial charge in [0.25, 0.3) is 0 Å². The Labute approximate surface area is 113 Å². The van der Waals surface area contributed by atoms with Gasteiger partial charge in [0, 0.05) is 25.3 Å². The van der Waals surface area contributed by atoms with Crippen molar-refractivity contribution in [3.05, 3.63) is 24.0 Å². The summed E-state index contributed by atoms with van der Waals surface area (Å²) in [6, 6.07) is 4.50. The molecule has 1 aromatic rings. The van der Waals surface area contributed by atoms with Gasteiger partial charge in [-0.15, -0.1) is 0 Å². The fourth-order valence-corrected chi connectivity index (χ4v) is 1.92. The molecule has 0 aliphatic heterocycles. The van der Waals surface area contributed by atoms with E-state index in [4.69, 9.17) is 4.74 Å². The summed E-state index contributed by atoms with van der Waals surface area (Å²) >= 11 is 0. The summed E-state index contributed by atoms with van der Waals surface area (Å²) in [5.41, 5.74) is 0.526. The van der Waals surface area contributed by atoms with Crippen LogP contribution in [0.2, 0.25) is 0 Å². The number of ether oxygens (including phenoxy) is 1. The fraction of sp³-hybridized carbons (Fsp3) is 0.500. The van der Waals surface area contributed by atoms with Gasteiger partial charge >= 0.3 is 0 Å². The SMILES string of the molecule is CCC(CNC)C(=O)N(C)c1ccc(OC)c(F)c1. The molecule has 0 aliphatic carbocycles. The first-order valence-corrected chi connectivity index (χ1v) is 6.30. The van der Waals surface area contributed by atoms with Gasteiger partial charge in [-0.3, -0.25) is 4.79 Å². The second-order valence-corrected chi connectivity index (χ2v) is 4.38. The maximum absolute atomic E-state index is 13.6. The number of carbonyl (C=O) groups is 1. The average Bonchev–Trinajstić information content (AvgIpc) is 2.43. The van der Waals surface area contributed by atoms with Gasteiger partial charge in [-0.1, -0.05) is 6.92 Å². The third kappa shape index (κ3) is 3.67. The Morgan fingerprint density at radius 1 is 1.53 bits per heavy atom. The number of anilines is 1. The first kappa shape index (κ1) is 15.4. The van der Waals surface area contributed by atoms with E-state index in [0.29, 0.717) is 12.2 Å². The summed E-state index contributed by atoms with van der Waals surface area (Å²) in [6.07, 6.45) is 0.739. The van der Waals surface area contributed by atoms with Crippen LogP contribution in [0, 0.1) is 11.7 Å². The van der Waals surface area contributed by atoms with Crippen LogP contribution in [-0.2, 0) is 4.79 Å². The lowest BCUT2D eigenvalue weighted by Crippen LogP contribution is -2.37. The molecule has 1 aromatic carbocycles. The standard InChI is InChI=1S/C14H21FN2O2/c1-5-10(9-16-2)14(18)17(3)11-6-7-13(19-4)12(15)8-11/h6-8,10,16H,5,9H2,1-4H3. The summed E-state index contributed by atoms with van der Waals surface area (Å²) in [5.74, 6) is -0.435. The van der Waals surface area contributed by atoms with Crippen molar-refractivity contribution in [3.8, 4) is 5.75 Å². The molecule has 0 radical (unpaired) electrons. The monoisotopic (exact) mass is 268 g/mol. The van der Waals surface area contributed by atoms with Crippen molar-refractivity contribution in [2.45, 2.75) is 13.3 Å². The van der Waals surface area contributed by atoms with Gasteiger partial charge in [0.05, 0.1) is 13.0 Å². The Hall–Kier alpha value is -1.62. The van der Waals surface area contributed by atoms with Crippen molar-refractivity contribution in [1.82, 2.24) is 5.32 Å². The van der Waals surface area contributed by atoms with Crippen LogP contribution in [0.4, 0.5) is 10.1 Å². The average molecular weight is 268 g/mol. The minimum Gasteiger partial charge on any atom is -0.494 e. The Kier molecular flexibility index (Phi) is 5.76. The highest BCUT2D eigenvalue weighted by atomic mass is 19.1. The molecule has 1 atom stereocenters. The zero-order valence-corrected chi connectivity index (χ0v) is 11.9. The zero-order valence-electron chi connectivity index (χ0n) is 11.9. The molecular formula is C14H21FN2O2. The van der Waals surface area contributed by atoms with Crippen molar-refractivity contribution in [3.63, 3.8) is 0 Å². The van der Waals surface area contributed by atoms with Crippen LogP contribution in [0.5, 0.6) is 5.75 Å². The van der Waals surface area contributed by atoms with Crippen LogP contribution < -0.4 is 15.0 Å². The number of amides is 1. The lowest BCUT2D eigenvalue weighted by molar-refractivity contribution is -0.122. The number of nitrogens with one attached hydrogen (secondary N) is 1. The molecule has 106 valence electrons. The van der Waals surface area contributed by atoms with Crippen molar-refractivity contribution in [1.29, 1.82) is 0 Å². The molecule has 0 saturated heterocycles. The normalized spacial score (nSPS) is 12.1. The number of nitrogens with zero attached hydrogens (tertiary/aromatic N) is 1. The number of rotatable bonds is 6. The van der Waals surface area contributed by atoms with Crippen LogP contribution in [0.3, 0.4) is 0 Å². The largest absolute Gasteiger partial charge is 0.494 e. The summed E-state index contributed by atoms with van der Waals surface area (Å²) < 4.78 is 18.5. The van der Waals surface area contributed by atoms with E-state index in [9.17, 15) is 9.18 Å². The van der Waals surface area contributed by atoms with Crippen LogP contribution in [-0.4, -0.2) is 33.7 Å². The highest BCUT2D eigenvalue weighted by Crippen LogP contribution is 2.24. The minimum atomic E-state index is -0.471. The predicted octanol–water partition coefficient (Wildman–Crippen LogP) is 2.04. The third-order valence-corrected chi connectivity index (χ3v) is 3.15. The predicted molar refractivity (Wildman–Crippen MR) is 74.1 cm³/mol. The van der Waals surface area contributed by atoms with Gasteiger partial charge in [0.2, 0.25) is 5.91 Å². The fourth-order valence-electron chi connectivity index (χ4n) is 1.92. The first-order valence-electron chi connectivity index (χ1n) is 6.30. The van der Waals surface area contributed by atoms with Crippen LogP contribution in [0.25, 0.3) is 0 Å². The molecule has 1 amide bonds. The smallest absolute Gasteiger partial charge is 0.231 e. The quantitative estimate of drug-likeness (QED) is 0.858. The highest BCUT2D eigenvalue weighted by molar-refractivity contribution is 5.94. The topological polar surface area (TPSA) is 41.6 Å². The van der Waals surface area contributed by atoms with E-state index in [0.717, 1.165) is 6.42 Å². The summed E-state index contributed by atoms with van der Waals surface area (Å²) in [5, 5.41) is 2.99. The highest BCUT2D eigenvalue weighted by Gasteiger charge is 2.21. The molecule has 0 aromatic heterocycles. The number of hydrogen-bond donors (Lipinski definition) is 1. The van der Waals surface area contributed by atoms with E-state index in [1.165, 1.54) is 24.1 Å². The summed E-state index contributed by atoms with van der Waals surface area (Å²) in [7, 11) is 4.87. The van der Waals surface area contributed by atoms with Gasteiger partial charge in [0.1, 0.15) is 0 Å². The summed E-state index contributed by atoms with van der Waals surface area (Å²) in [4.78, 5) is 13.7. The van der Waals surface area contributed by atoms with Gasteiger partial charge in [0.15, 0.2) is 11.6 Å². The molecule has 4 nitrogen and oxygen atoms in total. The Bertz CT molecular complexity index is 437. The van der Waals surface area contributed by atoms with Crippen LogP contribution >= 0.6 is 0 Å². The maximum Gasteiger partial charge on any atom is 0.231 e. The number of hydrogen-bond acceptors (Lipinski definition) is 3. The minimum absolute atomic E-state index is 0.0265. The molecule has 1 rings (SSSR count). The van der Waals surface area contributed by atoms with E-state index in [-0.39, 0.29) is 17.6 Å². The molecule has 0 bridgehead atoms. The van der Waals surface area contributed by atoms with Gasteiger partial charge in [-0.2, -0.15) is 0 Å². The van der Waals surface area contributed by atoms with Crippen molar-refractivity contribution >= 4 is 11.6 Å². The molecule has 19 heavy (non-hydrogen) atoms. The van der Waals surface area contributed by atoms with Crippen molar-refractivity contribution < 1.29 is 13.9 Å². The molecular weight excluding hydrogens is 247 g/mol. The number of halogens is 1. The Morgan fingerprint density at radius 3 is 2.68 bits per heavy atom. The lowest BCUT2D eigenvalue weighted by Gasteiger charge is -2.23. The zero-order chi connectivity index (χ0) is 14.4. The summed E-state index contributed by atoms with van der Waals surface area (Å²) in [6.45, 7) is 2.57. The second-order valence-electron chi connectivity index (χ2n) is 4.38. The van der Waals surface area contributed by atoms with E-state index >= 15 is 0 Å². The lowest BCUT2D eigenvalue weighted by atomic mass is 10.0. The molecule has 5 heteroatoms. The molecule has 0 fully saturated rings. The molecule has 0 spiro atoms. The van der Waals surface area contributed by atoms with Gasteiger partial charge in [-0.25, -0.2) is 4.39 Å². The maximum atomic E-state index is 13.6. The molecule has 1 unspecified atom stereocenters. The van der Waals surface area contributed by atoms with E-state index in [1.807, 2.05) is 14.0 Å². The van der Waals surface area contributed by atoms with Gasteiger partial charge < -0.3 is 15.0 Å².